The van der Waals surface area contributed by atoms with Crippen molar-refractivity contribution in [3.63, 3.8) is 0 Å². The van der Waals surface area contributed by atoms with E-state index in [-0.39, 0.29) is 5.91 Å². The molecule has 0 rings (SSSR count). The number of carbonyl (C=O) groups excluding carboxylic acids is 1. The maximum Gasteiger partial charge on any atom is 0.219 e. The number of nitrogens with one attached hydrogen (secondary N) is 1. The molecule has 0 aromatic carbocycles. The van der Waals surface area contributed by atoms with Crippen molar-refractivity contribution in [2.45, 2.75) is 149 Å². The lowest BCUT2D eigenvalue weighted by Crippen LogP contribution is -2.23. The molecule has 0 aromatic rings. The van der Waals surface area contributed by atoms with Crippen molar-refractivity contribution in [2.24, 2.45) is 0 Å². The molecule has 1 N–H and O–H groups in total. The van der Waals surface area contributed by atoms with Crippen LogP contribution in [0.2, 0.25) is 0 Å². The fourth-order valence-corrected chi connectivity index (χ4v) is 3.70. The molecular weight excluding hydrogens is 330 g/mol. The molecule has 0 spiro atoms. The van der Waals surface area contributed by atoms with Crippen LogP contribution >= 0.6 is 0 Å². The predicted octanol–water partition coefficient (Wildman–Crippen LogP) is 8.33. The van der Waals surface area contributed by atoms with Crippen LogP contribution in [-0.4, -0.2) is 12.5 Å². The zero-order valence-corrected chi connectivity index (χ0v) is 19.0. The van der Waals surface area contributed by atoms with E-state index in [1.807, 2.05) is 0 Å². The molecule has 0 bridgehead atoms. The van der Waals surface area contributed by atoms with Gasteiger partial charge in [-0.1, -0.05) is 129 Å². The molecule has 0 unspecified atom stereocenters. The number of carbonyl (C=O) groups is 1. The van der Waals surface area contributed by atoms with Crippen LogP contribution in [-0.2, 0) is 4.79 Å². The Morgan fingerprint density at radius 1 is 0.481 bits per heavy atom. The summed E-state index contributed by atoms with van der Waals surface area (Å²) in [5, 5.41) is 3.09. The fourth-order valence-electron chi connectivity index (χ4n) is 3.70. The van der Waals surface area contributed by atoms with Crippen LogP contribution in [0.15, 0.2) is 0 Å². The number of unbranched alkanes of at least 4 members (excludes halogenated alkanes) is 18. The lowest BCUT2D eigenvalue weighted by atomic mass is 10.0. The van der Waals surface area contributed by atoms with Gasteiger partial charge in [0.1, 0.15) is 0 Å². The maximum absolute atomic E-state index is 11.8. The van der Waals surface area contributed by atoms with E-state index in [0.717, 1.165) is 25.8 Å². The van der Waals surface area contributed by atoms with E-state index in [0.29, 0.717) is 0 Å². The quantitative estimate of drug-likeness (QED) is 0.188. The van der Waals surface area contributed by atoms with Gasteiger partial charge in [-0.3, -0.25) is 4.79 Å². The minimum atomic E-state index is 0.268. The van der Waals surface area contributed by atoms with Crippen molar-refractivity contribution in [3.8, 4) is 0 Å². The summed E-state index contributed by atoms with van der Waals surface area (Å²) in [6.45, 7) is 5.42. The summed E-state index contributed by atoms with van der Waals surface area (Å²) < 4.78 is 0. The predicted molar refractivity (Wildman–Crippen MR) is 121 cm³/mol. The molecule has 0 atom stereocenters. The molecule has 0 aromatic heterocycles. The molecule has 0 fully saturated rings. The normalized spacial score (nSPS) is 11.0. The first-order valence-corrected chi connectivity index (χ1v) is 12.6. The van der Waals surface area contributed by atoms with Gasteiger partial charge in [0.15, 0.2) is 0 Å². The summed E-state index contributed by atoms with van der Waals surface area (Å²) in [7, 11) is 0. The Morgan fingerprint density at radius 3 is 1.22 bits per heavy atom. The van der Waals surface area contributed by atoms with E-state index in [1.165, 1.54) is 116 Å². The number of hydrogen-bond donors (Lipinski definition) is 1. The zero-order chi connectivity index (χ0) is 19.8. The smallest absolute Gasteiger partial charge is 0.219 e. The van der Waals surface area contributed by atoms with Crippen molar-refractivity contribution in [2.75, 3.05) is 6.54 Å². The van der Waals surface area contributed by atoms with Gasteiger partial charge in [-0.05, 0) is 12.8 Å². The summed E-state index contributed by atoms with van der Waals surface area (Å²) in [4.78, 5) is 11.8. The van der Waals surface area contributed by atoms with Crippen LogP contribution in [0.25, 0.3) is 0 Å². The molecule has 1 amide bonds. The van der Waals surface area contributed by atoms with Crippen LogP contribution in [0.5, 0.6) is 0 Å². The van der Waals surface area contributed by atoms with E-state index < -0.39 is 0 Å². The number of hydrogen-bond acceptors (Lipinski definition) is 1. The second kappa shape index (κ2) is 23.5. The molecule has 0 saturated heterocycles. The average molecular weight is 382 g/mol. The lowest BCUT2D eigenvalue weighted by molar-refractivity contribution is -0.121. The zero-order valence-electron chi connectivity index (χ0n) is 19.0. The fraction of sp³-hybridized carbons (Fsp3) is 0.960. The molecule has 162 valence electrons. The summed E-state index contributed by atoms with van der Waals surface area (Å²) in [6, 6.07) is 0. The molecule has 0 radical (unpaired) electrons. The molecular formula is C25H51NO. The van der Waals surface area contributed by atoms with Gasteiger partial charge in [0, 0.05) is 13.0 Å². The number of rotatable bonds is 22. The van der Waals surface area contributed by atoms with Gasteiger partial charge in [0.2, 0.25) is 5.91 Å². The van der Waals surface area contributed by atoms with Crippen molar-refractivity contribution in [1.82, 2.24) is 5.32 Å². The lowest BCUT2D eigenvalue weighted by Gasteiger charge is -2.06. The highest BCUT2D eigenvalue weighted by atomic mass is 16.1. The van der Waals surface area contributed by atoms with E-state index in [4.69, 9.17) is 0 Å². The Kier molecular flexibility index (Phi) is 23.0. The Bertz CT molecular complexity index is 290. The van der Waals surface area contributed by atoms with Crippen molar-refractivity contribution >= 4 is 5.91 Å². The van der Waals surface area contributed by atoms with Gasteiger partial charge in [0.25, 0.3) is 0 Å². The summed E-state index contributed by atoms with van der Waals surface area (Å²) in [5.41, 5.74) is 0. The average Bonchev–Trinajstić information content (AvgIpc) is 2.67. The highest BCUT2D eigenvalue weighted by Crippen LogP contribution is 2.13. The Balaban J connectivity index is 3.12. The van der Waals surface area contributed by atoms with Gasteiger partial charge in [0.05, 0.1) is 0 Å². The van der Waals surface area contributed by atoms with E-state index in [2.05, 4.69) is 19.2 Å². The van der Waals surface area contributed by atoms with Crippen LogP contribution in [0.4, 0.5) is 0 Å². The third-order valence-corrected chi connectivity index (χ3v) is 5.61. The molecule has 0 heterocycles. The SMILES string of the molecule is CCCCCCCCCCCCCCCC(=O)NCCCCCCCCC. The number of amides is 1. The molecule has 27 heavy (non-hydrogen) atoms. The third-order valence-electron chi connectivity index (χ3n) is 5.61. The maximum atomic E-state index is 11.8. The Morgan fingerprint density at radius 2 is 0.815 bits per heavy atom. The molecule has 0 aliphatic carbocycles. The standard InChI is InChI=1S/C25H51NO/c1-3-5-7-9-11-12-13-14-15-16-17-19-21-23-25(27)26-24-22-20-18-10-8-6-4-2/h3-24H2,1-2H3,(H,26,27). The first-order valence-electron chi connectivity index (χ1n) is 12.6. The van der Waals surface area contributed by atoms with E-state index in [1.54, 1.807) is 0 Å². The van der Waals surface area contributed by atoms with Gasteiger partial charge in [-0.25, -0.2) is 0 Å². The van der Waals surface area contributed by atoms with Crippen molar-refractivity contribution in [1.29, 1.82) is 0 Å². The van der Waals surface area contributed by atoms with E-state index >= 15 is 0 Å². The summed E-state index contributed by atoms with van der Waals surface area (Å²) in [6.07, 6.45) is 27.6. The van der Waals surface area contributed by atoms with E-state index in [9.17, 15) is 4.79 Å². The topological polar surface area (TPSA) is 29.1 Å². The van der Waals surface area contributed by atoms with Gasteiger partial charge >= 0.3 is 0 Å². The summed E-state index contributed by atoms with van der Waals surface area (Å²) in [5.74, 6) is 0.268. The summed E-state index contributed by atoms with van der Waals surface area (Å²) >= 11 is 0. The Labute approximate surface area is 171 Å². The van der Waals surface area contributed by atoms with Gasteiger partial charge in [-0.15, -0.1) is 0 Å². The molecule has 2 nitrogen and oxygen atoms in total. The van der Waals surface area contributed by atoms with Crippen molar-refractivity contribution < 1.29 is 4.79 Å². The van der Waals surface area contributed by atoms with Gasteiger partial charge in [-0.2, -0.15) is 0 Å². The van der Waals surface area contributed by atoms with Crippen LogP contribution in [0.3, 0.4) is 0 Å². The molecule has 0 aliphatic rings. The third kappa shape index (κ3) is 23.4. The highest BCUT2D eigenvalue weighted by molar-refractivity contribution is 5.75. The minimum Gasteiger partial charge on any atom is -0.356 e. The van der Waals surface area contributed by atoms with Crippen LogP contribution in [0.1, 0.15) is 149 Å². The second-order valence-electron chi connectivity index (χ2n) is 8.46. The Hall–Kier alpha value is -0.530. The van der Waals surface area contributed by atoms with Gasteiger partial charge < -0.3 is 5.32 Å². The minimum absolute atomic E-state index is 0.268. The molecule has 2 heteroatoms. The molecule has 0 saturated carbocycles. The second-order valence-corrected chi connectivity index (χ2v) is 8.46. The first kappa shape index (κ1) is 26.5. The van der Waals surface area contributed by atoms with Crippen LogP contribution in [0, 0.1) is 0 Å². The van der Waals surface area contributed by atoms with Crippen molar-refractivity contribution in [3.05, 3.63) is 0 Å². The molecule has 0 aliphatic heterocycles. The highest BCUT2D eigenvalue weighted by Gasteiger charge is 2.00. The van der Waals surface area contributed by atoms with Crippen LogP contribution < -0.4 is 5.32 Å². The monoisotopic (exact) mass is 381 g/mol. The first-order chi connectivity index (χ1) is 13.3. The largest absolute Gasteiger partial charge is 0.356 e.